The summed E-state index contributed by atoms with van der Waals surface area (Å²) in [5.74, 6) is 0. The molecule has 0 saturated heterocycles. The van der Waals surface area contributed by atoms with Crippen molar-refractivity contribution in [2.75, 3.05) is 4.90 Å². The van der Waals surface area contributed by atoms with Crippen LogP contribution in [0.4, 0.5) is 17.1 Å². The Morgan fingerprint density at radius 2 is 0.839 bits per heavy atom. The summed E-state index contributed by atoms with van der Waals surface area (Å²) in [6.07, 6.45) is 0. The first-order chi connectivity index (χ1) is 27.6. The van der Waals surface area contributed by atoms with Crippen LogP contribution >= 0.6 is 0 Å². The molecule has 0 saturated carbocycles. The molecule has 10 rings (SSSR count). The third kappa shape index (κ3) is 5.63. The lowest BCUT2D eigenvalue weighted by Gasteiger charge is -2.31. The fourth-order valence-corrected chi connectivity index (χ4v) is 8.97. The highest BCUT2D eigenvalue weighted by Gasteiger charge is 2.36. The van der Waals surface area contributed by atoms with Crippen molar-refractivity contribution >= 4 is 27.8 Å². The minimum absolute atomic E-state index is 0.140. The average molecular weight is 716 g/mol. The van der Waals surface area contributed by atoms with Gasteiger partial charge in [-0.25, -0.2) is 0 Å². The molecule has 0 aliphatic heterocycles. The first kappa shape index (κ1) is 33.6. The first-order valence-corrected chi connectivity index (χ1v) is 19.5. The molecule has 9 aromatic carbocycles. The minimum Gasteiger partial charge on any atom is -0.309 e. The maximum atomic E-state index is 2.50. The van der Waals surface area contributed by atoms with Gasteiger partial charge in [-0.15, -0.1) is 0 Å². The van der Waals surface area contributed by atoms with Gasteiger partial charge in [0, 0.05) is 22.2 Å². The van der Waals surface area contributed by atoms with Gasteiger partial charge in [-0.3, -0.25) is 0 Å². The summed E-state index contributed by atoms with van der Waals surface area (Å²) in [6, 6.07) is 77.7. The fourth-order valence-electron chi connectivity index (χ4n) is 8.97. The molecule has 0 radical (unpaired) electrons. The van der Waals surface area contributed by atoms with Crippen LogP contribution in [-0.4, -0.2) is 0 Å². The van der Waals surface area contributed by atoms with Gasteiger partial charge in [0.25, 0.3) is 0 Å². The van der Waals surface area contributed by atoms with E-state index in [0.29, 0.717) is 0 Å². The molecule has 0 fully saturated rings. The Kier molecular flexibility index (Phi) is 8.23. The Labute approximate surface area is 329 Å². The summed E-state index contributed by atoms with van der Waals surface area (Å²) in [5, 5.41) is 2.51. The number of anilines is 3. The van der Waals surface area contributed by atoms with E-state index in [9.17, 15) is 0 Å². The van der Waals surface area contributed by atoms with Gasteiger partial charge in [-0.05, 0) is 96.7 Å². The maximum Gasteiger partial charge on any atom is 0.0540 e. The van der Waals surface area contributed by atoms with Gasteiger partial charge in [-0.1, -0.05) is 196 Å². The summed E-state index contributed by atoms with van der Waals surface area (Å²) >= 11 is 0. The molecule has 0 heterocycles. The van der Waals surface area contributed by atoms with Crippen molar-refractivity contribution in [1.82, 2.24) is 0 Å². The predicted octanol–water partition coefficient (Wildman–Crippen LogP) is 15.3. The topological polar surface area (TPSA) is 3.24 Å². The summed E-state index contributed by atoms with van der Waals surface area (Å²) in [6.45, 7) is 4.73. The Morgan fingerprint density at radius 3 is 1.64 bits per heavy atom. The third-order valence-electron chi connectivity index (χ3n) is 11.7. The van der Waals surface area contributed by atoms with Crippen LogP contribution in [0.5, 0.6) is 0 Å². The number of hydrogen-bond acceptors (Lipinski definition) is 1. The standard InChI is InChI=1S/C55H41N/c1-55(2)51-31-13-10-28-48(51)49-35-34-42(37-52(49)55)56(54-33-15-12-29-50(54)47-27-9-8-25-44(47)38-18-4-3-5-19-38)53-32-14-11-26-46(53)41-23-16-22-40(36-41)45-30-17-21-39-20-6-7-24-43(39)45/h3-37H,1-2H3. The quantitative estimate of drug-likeness (QED) is 0.159. The molecule has 1 aliphatic carbocycles. The molecule has 0 aromatic heterocycles. The van der Waals surface area contributed by atoms with Gasteiger partial charge < -0.3 is 4.90 Å². The van der Waals surface area contributed by atoms with E-state index in [4.69, 9.17) is 0 Å². The molecular formula is C55H41N. The number of para-hydroxylation sites is 2. The minimum atomic E-state index is -0.140. The molecule has 0 spiro atoms. The fraction of sp³-hybridized carbons (Fsp3) is 0.0545. The molecule has 1 heteroatoms. The second-order valence-corrected chi connectivity index (χ2v) is 15.3. The highest BCUT2D eigenvalue weighted by Crippen LogP contribution is 2.52. The molecule has 0 unspecified atom stereocenters. The van der Waals surface area contributed by atoms with Crippen LogP contribution in [0.2, 0.25) is 0 Å². The normalized spacial score (nSPS) is 12.6. The van der Waals surface area contributed by atoms with E-state index < -0.39 is 0 Å². The average Bonchev–Trinajstić information content (AvgIpc) is 3.49. The number of nitrogens with zero attached hydrogens (tertiary/aromatic N) is 1. The van der Waals surface area contributed by atoms with Gasteiger partial charge in [0.2, 0.25) is 0 Å². The summed E-state index contributed by atoms with van der Waals surface area (Å²) in [4.78, 5) is 2.50. The van der Waals surface area contributed by atoms with Crippen molar-refractivity contribution in [3.05, 3.63) is 223 Å². The van der Waals surface area contributed by atoms with Crippen molar-refractivity contribution in [2.45, 2.75) is 19.3 Å². The van der Waals surface area contributed by atoms with Gasteiger partial charge in [0.1, 0.15) is 0 Å². The summed E-state index contributed by atoms with van der Waals surface area (Å²) in [7, 11) is 0. The van der Waals surface area contributed by atoms with Crippen molar-refractivity contribution in [1.29, 1.82) is 0 Å². The van der Waals surface area contributed by atoms with Crippen LogP contribution in [-0.2, 0) is 5.41 Å². The van der Waals surface area contributed by atoms with Crippen LogP contribution in [0.1, 0.15) is 25.0 Å². The molecular weight excluding hydrogens is 675 g/mol. The van der Waals surface area contributed by atoms with Crippen LogP contribution in [0.15, 0.2) is 212 Å². The van der Waals surface area contributed by atoms with E-state index in [1.54, 1.807) is 0 Å². The van der Waals surface area contributed by atoms with Crippen molar-refractivity contribution in [3.8, 4) is 55.6 Å². The molecule has 9 aromatic rings. The Bertz CT molecular complexity index is 2890. The zero-order chi connectivity index (χ0) is 37.6. The van der Waals surface area contributed by atoms with E-state index >= 15 is 0 Å². The van der Waals surface area contributed by atoms with Gasteiger partial charge >= 0.3 is 0 Å². The van der Waals surface area contributed by atoms with E-state index in [1.165, 1.54) is 77.5 Å². The monoisotopic (exact) mass is 715 g/mol. The third-order valence-corrected chi connectivity index (χ3v) is 11.7. The molecule has 0 amide bonds. The van der Waals surface area contributed by atoms with Crippen LogP contribution in [0.3, 0.4) is 0 Å². The second-order valence-electron chi connectivity index (χ2n) is 15.3. The lowest BCUT2D eigenvalue weighted by atomic mass is 9.82. The smallest absolute Gasteiger partial charge is 0.0540 e. The van der Waals surface area contributed by atoms with E-state index in [-0.39, 0.29) is 5.41 Å². The molecule has 1 aliphatic rings. The zero-order valence-electron chi connectivity index (χ0n) is 31.7. The predicted molar refractivity (Wildman–Crippen MR) is 238 cm³/mol. The van der Waals surface area contributed by atoms with Crippen LogP contribution < -0.4 is 4.90 Å². The Hall–Kier alpha value is -6.96. The lowest BCUT2D eigenvalue weighted by Crippen LogP contribution is -2.17. The summed E-state index contributed by atoms with van der Waals surface area (Å²) < 4.78 is 0. The number of rotatable bonds is 7. The van der Waals surface area contributed by atoms with Gasteiger partial charge in [0.15, 0.2) is 0 Å². The molecule has 56 heavy (non-hydrogen) atoms. The SMILES string of the molecule is CC1(C)c2ccccc2-c2ccc(N(c3ccccc3-c3cccc(-c4cccc5ccccc45)c3)c3ccccc3-c3ccccc3-c3ccccc3)cc21. The number of benzene rings is 9. The van der Waals surface area contributed by atoms with Crippen LogP contribution in [0, 0.1) is 0 Å². The zero-order valence-corrected chi connectivity index (χ0v) is 31.7. The van der Waals surface area contributed by atoms with Crippen LogP contribution in [0.25, 0.3) is 66.4 Å². The molecule has 0 bridgehead atoms. The van der Waals surface area contributed by atoms with Crippen molar-refractivity contribution in [3.63, 3.8) is 0 Å². The molecule has 0 N–H and O–H groups in total. The molecule has 0 atom stereocenters. The summed E-state index contributed by atoms with van der Waals surface area (Å²) in [5.41, 5.74) is 18.2. The Morgan fingerprint density at radius 1 is 0.321 bits per heavy atom. The largest absolute Gasteiger partial charge is 0.309 e. The van der Waals surface area contributed by atoms with E-state index in [0.717, 1.165) is 17.1 Å². The number of fused-ring (bicyclic) bond motifs is 4. The Balaban J connectivity index is 1.20. The number of hydrogen-bond donors (Lipinski definition) is 0. The van der Waals surface area contributed by atoms with E-state index in [1.807, 2.05) is 0 Å². The molecule has 1 nitrogen and oxygen atoms in total. The lowest BCUT2D eigenvalue weighted by molar-refractivity contribution is 0.660. The van der Waals surface area contributed by atoms with Gasteiger partial charge in [-0.2, -0.15) is 0 Å². The first-order valence-electron chi connectivity index (χ1n) is 19.5. The highest BCUT2D eigenvalue weighted by molar-refractivity contribution is 6.00. The second kappa shape index (κ2) is 13.7. The maximum absolute atomic E-state index is 2.50. The van der Waals surface area contributed by atoms with Gasteiger partial charge in [0.05, 0.1) is 11.4 Å². The van der Waals surface area contributed by atoms with Crippen molar-refractivity contribution in [2.24, 2.45) is 0 Å². The van der Waals surface area contributed by atoms with E-state index in [2.05, 4.69) is 231 Å². The van der Waals surface area contributed by atoms with Crippen molar-refractivity contribution < 1.29 is 0 Å². The highest BCUT2D eigenvalue weighted by atomic mass is 15.1. The molecule has 266 valence electrons.